The van der Waals surface area contributed by atoms with E-state index in [0.717, 1.165) is 6.07 Å². The molecule has 0 bridgehead atoms. The van der Waals surface area contributed by atoms with Gasteiger partial charge in [0, 0.05) is 63.2 Å². The minimum absolute atomic E-state index is 0.0596. The first-order chi connectivity index (χ1) is 18.1. The Labute approximate surface area is 223 Å². The van der Waals surface area contributed by atoms with E-state index in [2.05, 4.69) is 11.6 Å². The molecule has 3 heterocycles. The molecule has 3 aromatic rings. The molecule has 38 heavy (non-hydrogen) atoms. The van der Waals surface area contributed by atoms with Crippen LogP contribution in [0.2, 0.25) is 5.02 Å². The van der Waals surface area contributed by atoms with Gasteiger partial charge in [-0.15, -0.1) is 0 Å². The number of alkyl halides is 1. The number of hydrogen-bond donors (Lipinski definition) is 1. The maximum absolute atomic E-state index is 16.1. The largest absolute Gasteiger partial charge is 0.507 e. The van der Waals surface area contributed by atoms with Crippen LogP contribution in [-0.4, -0.2) is 82.3 Å². The maximum atomic E-state index is 16.1. The summed E-state index contributed by atoms with van der Waals surface area (Å²) in [5.74, 6) is -1.53. The molecule has 0 atom stereocenters. The number of phenolic OH excluding ortho intramolecular Hbond substituents is 1. The number of anilines is 1. The van der Waals surface area contributed by atoms with Crippen LogP contribution in [0.1, 0.15) is 12.7 Å². The SMILES string of the molecule is C=CC(=O)N1CCN(c2nc(CCN3CC(C)(F)C3)nc3c(F)c(-c4c(O)cccc4F)c(Cl)cc23)CC1. The summed E-state index contributed by atoms with van der Waals surface area (Å²) in [5.41, 5.74) is -1.92. The molecule has 7 nitrogen and oxygen atoms in total. The Morgan fingerprint density at radius 2 is 1.89 bits per heavy atom. The molecule has 0 unspecified atom stereocenters. The number of hydrogen-bond acceptors (Lipinski definition) is 6. The van der Waals surface area contributed by atoms with E-state index in [-0.39, 0.29) is 27.6 Å². The molecule has 2 aromatic carbocycles. The highest BCUT2D eigenvalue weighted by atomic mass is 35.5. The number of carbonyl (C=O) groups excluding carboxylic acids is 1. The Bertz CT molecular complexity index is 1400. The molecule has 0 saturated carbocycles. The topological polar surface area (TPSA) is 72.8 Å². The first kappa shape index (κ1) is 26.2. The first-order valence-electron chi connectivity index (χ1n) is 12.3. The zero-order valence-corrected chi connectivity index (χ0v) is 21.6. The van der Waals surface area contributed by atoms with Crippen molar-refractivity contribution in [2.75, 3.05) is 50.7 Å². The zero-order valence-electron chi connectivity index (χ0n) is 20.9. The van der Waals surface area contributed by atoms with Crippen molar-refractivity contribution in [2.45, 2.75) is 19.0 Å². The highest BCUT2D eigenvalue weighted by molar-refractivity contribution is 6.34. The smallest absolute Gasteiger partial charge is 0.246 e. The maximum Gasteiger partial charge on any atom is 0.246 e. The molecule has 11 heteroatoms. The van der Waals surface area contributed by atoms with Crippen LogP contribution >= 0.6 is 11.6 Å². The van der Waals surface area contributed by atoms with Crippen LogP contribution < -0.4 is 4.90 Å². The Morgan fingerprint density at radius 3 is 2.53 bits per heavy atom. The molecule has 2 fully saturated rings. The lowest BCUT2D eigenvalue weighted by Gasteiger charge is -2.42. The summed E-state index contributed by atoms with van der Waals surface area (Å²) in [6.45, 7) is 7.88. The van der Waals surface area contributed by atoms with E-state index in [1.54, 1.807) is 11.8 Å². The number of benzene rings is 2. The quantitative estimate of drug-likeness (QED) is 0.464. The molecular weight excluding hydrogens is 519 g/mol. The van der Waals surface area contributed by atoms with Crippen LogP contribution in [0.4, 0.5) is 19.0 Å². The van der Waals surface area contributed by atoms with E-state index in [1.807, 2.05) is 9.80 Å². The fourth-order valence-corrected chi connectivity index (χ4v) is 5.42. The number of halogens is 4. The van der Waals surface area contributed by atoms with Crippen molar-refractivity contribution in [1.82, 2.24) is 19.8 Å². The molecule has 0 aliphatic carbocycles. The monoisotopic (exact) mass is 545 g/mol. The number of phenols is 1. The summed E-state index contributed by atoms with van der Waals surface area (Å²) in [6.07, 6.45) is 1.61. The van der Waals surface area contributed by atoms with Gasteiger partial charge in [-0.3, -0.25) is 9.69 Å². The standard InChI is InChI=1S/C27H27ClF3N5O2/c1-3-21(38)35-9-11-36(12-10-35)26-16-13-17(28)22(23-18(29)5-4-6-19(23)37)24(30)25(16)32-20(33-26)7-8-34-14-27(2,31)15-34/h3-6,13,37H,1,7-12,14-15H2,2H3. The molecule has 1 amide bonds. The zero-order chi connectivity index (χ0) is 27.2. The fourth-order valence-electron chi connectivity index (χ4n) is 5.14. The van der Waals surface area contributed by atoms with Crippen molar-refractivity contribution in [3.63, 3.8) is 0 Å². The minimum atomic E-state index is -1.22. The Balaban J connectivity index is 1.58. The van der Waals surface area contributed by atoms with Gasteiger partial charge in [0.25, 0.3) is 0 Å². The summed E-state index contributed by atoms with van der Waals surface area (Å²) >= 11 is 6.48. The highest BCUT2D eigenvalue weighted by Crippen LogP contribution is 2.42. The predicted molar refractivity (Wildman–Crippen MR) is 140 cm³/mol. The van der Waals surface area contributed by atoms with E-state index in [4.69, 9.17) is 16.6 Å². The second-order valence-corrected chi connectivity index (χ2v) is 10.3. The number of nitrogens with zero attached hydrogens (tertiary/aromatic N) is 5. The van der Waals surface area contributed by atoms with E-state index < -0.39 is 23.1 Å². The second-order valence-electron chi connectivity index (χ2n) is 9.93. The van der Waals surface area contributed by atoms with Crippen LogP contribution in [0, 0.1) is 11.6 Å². The van der Waals surface area contributed by atoms with Crippen LogP contribution in [0.15, 0.2) is 36.9 Å². The second kappa shape index (κ2) is 10.1. The number of aromatic hydroxyl groups is 1. The summed E-state index contributed by atoms with van der Waals surface area (Å²) < 4.78 is 44.7. The van der Waals surface area contributed by atoms with Gasteiger partial charge in [-0.05, 0) is 31.2 Å². The van der Waals surface area contributed by atoms with Gasteiger partial charge in [0.2, 0.25) is 5.91 Å². The minimum Gasteiger partial charge on any atom is -0.507 e. The summed E-state index contributed by atoms with van der Waals surface area (Å²) in [5, 5.41) is 10.5. The van der Waals surface area contributed by atoms with Gasteiger partial charge < -0.3 is 14.9 Å². The van der Waals surface area contributed by atoms with E-state index in [1.165, 1.54) is 24.3 Å². The molecule has 200 valence electrons. The molecule has 5 rings (SSSR count). The first-order valence-corrected chi connectivity index (χ1v) is 12.7. The van der Waals surface area contributed by atoms with E-state index >= 15 is 4.39 Å². The average molecular weight is 546 g/mol. The van der Waals surface area contributed by atoms with Gasteiger partial charge in [-0.2, -0.15) is 0 Å². The third-order valence-corrected chi connectivity index (χ3v) is 7.27. The molecule has 1 aromatic heterocycles. The number of amides is 1. The number of carbonyl (C=O) groups is 1. The normalized spacial score (nSPS) is 17.5. The third kappa shape index (κ3) is 4.90. The van der Waals surface area contributed by atoms with Crippen molar-refractivity contribution in [3.8, 4) is 16.9 Å². The Morgan fingerprint density at radius 1 is 1.18 bits per heavy atom. The molecule has 0 spiro atoms. The number of aromatic nitrogens is 2. The summed E-state index contributed by atoms with van der Waals surface area (Å²) in [6, 6.07) is 5.16. The van der Waals surface area contributed by atoms with Crippen LogP contribution in [-0.2, 0) is 11.2 Å². The molecule has 2 aliphatic heterocycles. The van der Waals surface area contributed by atoms with Crippen molar-refractivity contribution >= 4 is 34.2 Å². The number of fused-ring (bicyclic) bond motifs is 1. The van der Waals surface area contributed by atoms with Crippen LogP contribution in [0.25, 0.3) is 22.0 Å². The Hall–Kier alpha value is -3.37. The van der Waals surface area contributed by atoms with Gasteiger partial charge in [0.05, 0.1) is 10.6 Å². The van der Waals surface area contributed by atoms with E-state index in [9.17, 15) is 18.7 Å². The van der Waals surface area contributed by atoms with Gasteiger partial charge in [-0.1, -0.05) is 24.2 Å². The lowest BCUT2D eigenvalue weighted by Crippen LogP contribution is -2.57. The van der Waals surface area contributed by atoms with Crippen molar-refractivity contribution in [3.05, 3.63) is 59.4 Å². The van der Waals surface area contributed by atoms with Crippen molar-refractivity contribution in [2.24, 2.45) is 0 Å². The van der Waals surface area contributed by atoms with Crippen LogP contribution in [0.3, 0.4) is 0 Å². The lowest BCUT2D eigenvalue weighted by atomic mass is 9.99. The van der Waals surface area contributed by atoms with Gasteiger partial charge in [0.1, 0.15) is 34.4 Å². The van der Waals surface area contributed by atoms with Crippen molar-refractivity contribution in [1.29, 1.82) is 0 Å². The lowest BCUT2D eigenvalue weighted by molar-refractivity contribution is -0.126. The van der Waals surface area contributed by atoms with Gasteiger partial charge in [0.15, 0.2) is 5.82 Å². The molecular formula is C27H27ClF3N5O2. The summed E-state index contributed by atoms with van der Waals surface area (Å²) in [4.78, 5) is 26.7. The third-order valence-electron chi connectivity index (χ3n) is 6.97. The molecule has 2 aliphatic rings. The number of rotatable bonds is 6. The van der Waals surface area contributed by atoms with Crippen LogP contribution in [0.5, 0.6) is 5.75 Å². The van der Waals surface area contributed by atoms with Gasteiger partial charge in [-0.25, -0.2) is 23.1 Å². The number of likely N-dealkylation sites (tertiary alicyclic amines) is 1. The molecule has 1 N–H and O–H groups in total. The predicted octanol–water partition coefficient (Wildman–Crippen LogP) is 4.35. The average Bonchev–Trinajstić information content (AvgIpc) is 2.87. The fraction of sp³-hybridized carbons (Fsp3) is 0.370. The number of piperazine rings is 1. The van der Waals surface area contributed by atoms with Crippen molar-refractivity contribution < 1.29 is 23.1 Å². The van der Waals surface area contributed by atoms with E-state index in [0.29, 0.717) is 69.3 Å². The molecule has 2 saturated heterocycles. The Kier molecular flexibility index (Phi) is 6.96. The highest BCUT2D eigenvalue weighted by Gasteiger charge is 2.38. The molecule has 0 radical (unpaired) electrons. The van der Waals surface area contributed by atoms with Gasteiger partial charge >= 0.3 is 0 Å². The summed E-state index contributed by atoms with van der Waals surface area (Å²) in [7, 11) is 0.